The Bertz CT molecular complexity index is 1170. The Kier molecular flexibility index (Phi) is 5.36. The van der Waals surface area contributed by atoms with E-state index < -0.39 is 21.8 Å². The first kappa shape index (κ1) is 20.9. The van der Waals surface area contributed by atoms with Crippen LogP contribution in [-0.4, -0.2) is 42.2 Å². The summed E-state index contributed by atoms with van der Waals surface area (Å²) < 4.78 is 32.6. The highest BCUT2D eigenvalue weighted by molar-refractivity contribution is 7.90. The zero-order valence-corrected chi connectivity index (χ0v) is 18.4. The molecule has 2 fully saturated rings. The Balaban J connectivity index is 1.33. The Hall–Kier alpha value is -2.94. The zero-order chi connectivity index (χ0) is 22.3. The van der Waals surface area contributed by atoms with E-state index in [1.807, 2.05) is 0 Å². The number of carbonyl (C=O) groups is 2. The normalized spacial score (nSPS) is 20.1. The van der Waals surface area contributed by atoms with Crippen molar-refractivity contribution in [3.05, 3.63) is 47.7 Å². The van der Waals surface area contributed by atoms with Crippen LogP contribution in [0.3, 0.4) is 0 Å². The Morgan fingerprint density at radius 3 is 2.66 bits per heavy atom. The molecule has 2 saturated carbocycles. The van der Waals surface area contributed by atoms with E-state index in [-0.39, 0.29) is 27.9 Å². The average Bonchev–Trinajstić information content (AvgIpc) is 3.60. The highest BCUT2D eigenvalue weighted by Gasteiger charge is 2.48. The minimum Gasteiger partial charge on any atom is -0.489 e. The lowest BCUT2D eigenvalue weighted by molar-refractivity contribution is 0.0864. The molecule has 2 heterocycles. The lowest BCUT2D eigenvalue weighted by atomic mass is 9.90. The van der Waals surface area contributed by atoms with Gasteiger partial charge in [0.25, 0.3) is 21.8 Å². The summed E-state index contributed by atoms with van der Waals surface area (Å²) >= 11 is 0. The fourth-order valence-corrected chi connectivity index (χ4v) is 6.24. The van der Waals surface area contributed by atoms with Gasteiger partial charge in [0.1, 0.15) is 4.90 Å². The molecule has 2 amide bonds. The summed E-state index contributed by atoms with van der Waals surface area (Å²) in [6.45, 7) is 0.574. The third-order valence-corrected chi connectivity index (χ3v) is 8.17. The van der Waals surface area contributed by atoms with Crippen molar-refractivity contribution in [2.75, 3.05) is 11.9 Å². The van der Waals surface area contributed by atoms with E-state index >= 15 is 0 Å². The van der Waals surface area contributed by atoms with Gasteiger partial charge in [0.15, 0.2) is 11.6 Å². The van der Waals surface area contributed by atoms with Crippen LogP contribution in [-0.2, 0) is 10.0 Å². The highest BCUT2D eigenvalue weighted by Crippen LogP contribution is 2.39. The number of ether oxygens (including phenoxy) is 1. The second kappa shape index (κ2) is 8.20. The van der Waals surface area contributed by atoms with Crippen molar-refractivity contribution in [1.29, 1.82) is 0 Å². The number of hydrogen-bond acceptors (Lipinski definition) is 6. The van der Waals surface area contributed by atoms with Crippen molar-refractivity contribution in [3.63, 3.8) is 0 Å². The third kappa shape index (κ3) is 3.85. The molecule has 0 atom stereocenters. The van der Waals surface area contributed by atoms with Crippen molar-refractivity contribution < 1.29 is 22.7 Å². The summed E-state index contributed by atoms with van der Waals surface area (Å²) in [5.41, 5.74) is 0.254. The van der Waals surface area contributed by atoms with Gasteiger partial charge in [-0.3, -0.25) is 9.59 Å². The molecule has 9 heteroatoms. The zero-order valence-electron chi connectivity index (χ0n) is 17.6. The lowest BCUT2D eigenvalue weighted by Crippen LogP contribution is -2.31. The van der Waals surface area contributed by atoms with Gasteiger partial charge in [0, 0.05) is 17.8 Å². The van der Waals surface area contributed by atoms with E-state index in [1.165, 1.54) is 37.5 Å². The molecule has 8 nitrogen and oxygen atoms in total. The van der Waals surface area contributed by atoms with E-state index in [4.69, 9.17) is 4.74 Å². The molecular weight excluding hydrogens is 430 g/mol. The molecule has 168 valence electrons. The monoisotopic (exact) mass is 455 g/mol. The Labute approximate surface area is 187 Å². The fourth-order valence-electron chi connectivity index (χ4n) is 4.40. The molecule has 0 bridgehead atoms. The van der Waals surface area contributed by atoms with Crippen LogP contribution in [0.1, 0.15) is 65.7 Å². The van der Waals surface area contributed by atoms with E-state index in [0.717, 1.165) is 17.1 Å². The number of nitrogens with one attached hydrogen (secondary N) is 1. The van der Waals surface area contributed by atoms with Crippen LogP contribution in [0.5, 0.6) is 5.75 Å². The lowest BCUT2D eigenvalue weighted by Gasteiger charge is -2.22. The number of aromatic nitrogens is 1. The van der Waals surface area contributed by atoms with Crippen molar-refractivity contribution >= 4 is 27.7 Å². The number of sulfonamides is 1. The number of nitrogens with zero attached hydrogens (tertiary/aromatic N) is 2. The van der Waals surface area contributed by atoms with Gasteiger partial charge in [-0.1, -0.05) is 19.3 Å². The maximum absolute atomic E-state index is 12.9. The number of anilines is 1. The van der Waals surface area contributed by atoms with E-state index in [1.54, 1.807) is 18.3 Å². The van der Waals surface area contributed by atoms with Crippen LogP contribution in [0.4, 0.5) is 5.82 Å². The number of rotatable bonds is 6. The number of carbonyl (C=O) groups excluding carboxylic acids is 2. The molecule has 1 aliphatic heterocycles. The van der Waals surface area contributed by atoms with Gasteiger partial charge in [-0.2, -0.15) is 0 Å². The number of hydrogen-bond donors (Lipinski definition) is 1. The SMILES string of the molecule is O=C(Nc1ncccc1OCC1CCCCC1)c1ccc2c(c1)S(=O)(=O)N(C1CC1)C2=O. The van der Waals surface area contributed by atoms with Crippen LogP contribution in [0.15, 0.2) is 41.4 Å². The first-order valence-corrected chi connectivity index (χ1v) is 12.5. The largest absolute Gasteiger partial charge is 0.489 e. The van der Waals surface area contributed by atoms with Crippen molar-refractivity contribution in [3.8, 4) is 5.75 Å². The molecule has 0 spiro atoms. The molecule has 32 heavy (non-hydrogen) atoms. The summed E-state index contributed by atoms with van der Waals surface area (Å²) in [4.78, 5) is 29.5. The van der Waals surface area contributed by atoms with Gasteiger partial charge in [-0.05, 0) is 61.9 Å². The number of fused-ring (bicyclic) bond motifs is 1. The topological polar surface area (TPSA) is 106 Å². The summed E-state index contributed by atoms with van der Waals surface area (Å²) in [7, 11) is -3.93. The Morgan fingerprint density at radius 1 is 1.12 bits per heavy atom. The van der Waals surface area contributed by atoms with Crippen molar-refractivity contribution in [1.82, 2.24) is 9.29 Å². The second-order valence-electron chi connectivity index (χ2n) is 8.67. The quantitative estimate of drug-likeness (QED) is 0.713. The average molecular weight is 456 g/mol. The van der Waals surface area contributed by atoms with Gasteiger partial charge in [0.05, 0.1) is 12.2 Å². The minimum atomic E-state index is -3.93. The van der Waals surface area contributed by atoms with Crippen LogP contribution >= 0.6 is 0 Å². The molecule has 5 rings (SSSR count). The van der Waals surface area contributed by atoms with Crippen LogP contribution in [0.25, 0.3) is 0 Å². The number of benzene rings is 1. The summed E-state index contributed by atoms with van der Waals surface area (Å²) in [5.74, 6) is 0.239. The van der Waals surface area contributed by atoms with Gasteiger partial charge < -0.3 is 10.1 Å². The van der Waals surface area contributed by atoms with Gasteiger partial charge >= 0.3 is 0 Å². The van der Waals surface area contributed by atoms with E-state index in [2.05, 4.69) is 10.3 Å². The van der Waals surface area contributed by atoms with Crippen molar-refractivity contribution in [2.24, 2.45) is 5.92 Å². The highest BCUT2D eigenvalue weighted by atomic mass is 32.2. The smallest absolute Gasteiger partial charge is 0.269 e. The standard InChI is InChI=1S/C23H25N3O5S/c27-22(25-21-19(7-4-12-24-21)31-14-15-5-2-1-3-6-15)16-8-11-18-20(13-16)32(29,30)26(23(18)28)17-9-10-17/h4,7-8,11-13,15,17H,1-3,5-6,9-10,14H2,(H,24,25,27). The molecule has 2 aromatic rings. The second-order valence-corrected chi connectivity index (χ2v) is 10.5. The fraction of sp³-hybridized carbons (Fsp3) is 0.435. The summed E-state index contributed by atoms with van der Waals surface area (Å²) in [6.07, 6.45) is 8.89. The van der Waals surface area contributed by atoms with E-state index in [0.29, 0.717) is 31.1 Å². The predicted octanol–water partition coefficient (Wildman–Crippen LogP) is 3.60. The maximum Gasteiger partial charge on any atom is 0.269 e. The number of amides is 2. The van der Waals surface area contributed by atoms with Gasteiger partial charge in [-0.25, -0.2) is 17.7 Å². The van der Waals surface area contributed by atoms with Crippen LogP contribution < -0.4 is 10.1 Å². The summed E-state index contributed by atoms with van der Waals surface area (Å²) in [6, 6.07) is 7.37. The molecule has 1 aromatic carbocycles. The molecule has 3 aliphatic rings. The van der Waals surface area contributed by atoms with Crippen LogP contribution in [0.2, 0.25) is 0 Å². The molecular formula is C23H25N3O5S. The third-order valence-electron chi connectivity index (χ3n) is 6.29. The first-order chi connectivity index (χ1) is 15.4. The molecule has 0 saturated heterocycles. The maximum atomic E-state index is 12.9. The minimum absolute atomic E-state index is 0.114. The van der Waals surface area contributed by atoms with Gasteiger partial charge in [0.2, 0.25) is 0 Å². The first-order valence-electron chi connectivity index (χ1n) is 11.1. The molecule has 0 radical (unpaired) electrons. The summed E-state index contributed by atoms with van der Waals surface area (Å²) in [5, 5.41) is 2.72. The molecule has 2 aliphatic carbocycles. The van der Waals surface area contributed by atoms with Crippen LogP contribution in [0, 0.1) is 5.92 Å². The number of pyridine rings is 1. The molecule has 0 unspecified atom stereocenters. The molecule has 1 N–H and O–H groups in total. The van der Waals surface area contributed by atoms with Crippen molar-refractivity contribution in [2.45, 2.75) is 55.9 Å². The Morgan fingerprint density at radius 2 is 1.91 bits per heavy atom. The predicted molar refractivity (Wildman–Crippen MR) is 117 cm³/mol. The van der Waals surface area contributed by atoms with Gasteiger partial charge in [-0.15, -0.1) is 0 Å². The molecule has 1 aromatic heterocycles. The van der Waals surface area contributed by atoms with E-state index in [9.17, 15) is 18.0 Å².